The van der Waals surface area contributed by atoms with Gasteiger partial charge in [-0.15, -0.1) is 5.10 Å². The van der Waals surface area contributed by atoms with E-state index in [9.17, 15) is 9.59 Å². The van der Waals surface area contributed by atoms with Crippen molar-refractivity contribution >= 4 is 5.91 Å². The minimum atomic E-state index is -0.561. The molecule has 10 heteroatoms. The van der Waals surface area contributed by atoms with E-state index in [2.05, 4.69) is 45.7 Å². The van der Waals surface area contributed by atoms with Crippen molar-refractivity contribution in [1.29, 1.82) is 0 Å². The predicted octanol–water partition coefficient (Wildman–Crippen LogP) is 0.864. The number of hydrogen-bond acceptors (Lipinski definition) is 7. The Morgan fingerprint density at radius 3 is 2.93 bits per heavy atom. The molecule has 0 bridgehead atoms. The van der Waals surface area contributed by atoms with Gasteiger partial charge in [-0.2, -0.15) is 0 Å². The molecule has 1 aliphatic heterocycles. The van der Waals surface area contributed by atoms with Gasteiger partial charge in [0.25, 0.3) is 5.91 Å². The second-order valence-corrected chi connectivity index (χ2v) is 8.00. The van der Waals surface area contributed by atoms with Crippen LogP contribution in [0.15, 0.2) is 15.5 Å². The third kappa shape index (κ3) is 5.25. The van der Waals surface area contributed by atoms with Gasteiger partial charge >= 0.3 is 5.76 Å². The number of nitrogens with zero attached hydrogens (tertiary/aromatic N) is 5. The molecule has 1 saturated heterocycles. The fourth-order valence-electron chi connectivity index (χ4n) is 3.23. The second-order valence-electron chi connectivity index (χ2n) is 8.00. The third-order valence-electron chi connectivity index (χ3n) is 4.38. The van der Waals surface area contributed by atoms with Crippen molar-refractivity contribution in [2.75, 3.05) is 19.8 Å². The van der Waals surface area contributed by atoms with Crippen LogP contribution in [-0.2, 0) is 17.7 Å². The minimum Gasteiger partial charge on any atom is -0.377 e. The number of carbonyl (C=O) groups excluding carboxylic acids is 1. The molecule has 1 N–H and O–H groups in total. The molecule has 1 aliphatic rings. The molecule has 2 aromatic rings. The molecule has 1 amide bonds. The number of morpholine rings is 1. The maximum absolute atomic E-state index is 12.9. The summed E-state index contributed by atoms with van der Waals surface area (Å²) in [6, 6.07) is 0.0420. The first-order valence-electron chi connectivity index (χ1n) is 9.15. The highest BCUT2D eigenvalue weighted by atomic mass is 16.5. The van der Waals surface area contributed by atoms with Crippen LogP contribution >= 0.6 is 0 Å². The van der Waals surface area contributed by atoms with Crippen LogP contribution in [-0.4, -0.2) is 61.7 Å². The minimum absolute atomic E-state index is 0.0420. The Balaban J connectivity index is 1.58. The van der Waals surface area contributed by atoms with Gasteiger partial charge in [0.05, 0.1) is 25.5 Å². The van der Waals surface area contributed by atoms with Crippen molar-refractivity contribution in [2.24, 2.45) is 5.41 Å². The number of carbonyl (C=O) groups is 1. The molecule has 3 heterocycles. The Morgan fingerprint density at radius 1 is 1.41 bits per heavy atom. The fraction of sp³-hybridized carbons (Fsp3) is 0.706. The zero-order valence-corrected chi connectivity index (χ0v) is 16.0. The van der Waals surface area contributed by atoms with Gasteiger partial charge in [0.15, 0.2) is 11.5 Å². The van der Waals surface area contributed by atoms with Crippen molar-refractivity contribution in [2.45, 2.75) is 52.6 Å². The zero-order valence-electron chi connectivity index (χ0n) is 16.0. The number of ether oxygens (including phenoxy) is 1. The summed E-state index contributed by atoms with van der Waals surface area (Å²) < 4.78 is 11.7. The van der Waals surface area contributed by atoms with Gasteiger partial charge in [0, 0.05) is 19.5 Å². The average Bonchev–Trinajstić information content (AvgIpc) is 3.23. The lowest BCUT2D eigenvalue weighted by Crippen LogP contribution is -2.50. The predicted molar refractivity (Wildman–Crippen MR) is 95.2 cm³/mol. The quantitative estimate of drug-likeness (QED) is 0.792. The van der Waals surface area contributed by atoms with Gasteiger partial charge in [-0.3, -0.25) is 19.0 Å². The number of amides is 1. The highest BCUT2D eigenvalue weighted by Gasteiger charge is 2.32. The SMILES string of the molecule is CC(C)(C)CC1COCCN1C(=O)c1cn(CCCc2noc(=O)[nH]2)nn1. The summed E-state index contributed by atoms with van der Waals surface area (Å²) in [4.78, 5) is 28.2. The first-order valence-corrected chi connectivity index (χ1v) is 9.15. The van der Waals surface area contributed by atoms with Crippen LogP contribution in [0.25, 0.3) is 0 Å². The van der Waals surface area contributed by atoms with Gasteiger partial charge in [0.2, 0.25) is 0 Å². The zero-order chi connectivity index (χ0) is 19.4. The lowest BCUT2D eigenvalue weighted by atomic mass is 9.87. The van der Waals surface area contributed by atoms with Crippen LogP contribution in [0.2, 0.25) is 0 Å². The van der Waals surface area contributed by atoms with Crippen molar-refractivity contribution in [1.82, 2.24) is 30.0 Å². The largest absolute Gasteiger partial charge is 0.438 e. The van der Waals surface area contributed by atoms with Crippen molar-refractivity contribution in [3.8, 4) is 0 Å². The summed E-state index contributed by atoms with van der Waals surface area (Å²) in [7, 11) is 0. The number of aromatic nitrogens is 5. The van der Waals surface area contributed by atoms with E-state index in [0.717, 1.165) is 6.42 Å². The van der Waals surface area contributed by atoms with E-state index < -0.39 is 5.76 Å². The van der Waals surface area contributed by atoms with Gasteiger partial charge < -0.3 is 9.64 Å². The monoisotopic (exact) mass is 378 g/mol. The Labute approximate surface area is 156 Å². The number of aromatic amines is 1. The molecule has 3 rings (SSSR count). The third-order valence-corrected chi connectivity index (χ3v) is 4.38. The van der Waals surface area contributed by atoms with Crippen LogP contribution in [0.1, 0.15) is 49.9 Å². The molecule has 0 radical (unpaired) electrons. The fourth-order valence-corrected chi connectivity index (χ4v) is 3.23. The average molecular weight is 378 g/mol. The van der Waals surface area contributed by atoms with E-state index in [1.54, 1.807) is 10.9 Å². The van der Waals surface area contributed by atoms with Gasteiger partial charge in [-0.1, -0.05) is 31.1 Å². The Kier molecular flexibility index (Phi) is 5.73. The lowest BCUT2D eigenvalue weighted by Gasteiger charge is -2.38. The van der Waals surface area contributed by atoms with E-state index in [-0.39, 0.29) is 17.4 Å². The van der Waals surface area contributed by atoms with Crippen LogP contribution in [0.3, 0.4) is 0 Å². The summed E-state index contributed by atoms with van der Waals surface area (Å²) in [6.07, 6.45) is 3.76. The van der Waals surface area contributed by atoms with Crippen LogP contribution in [0.5, 0.6) is 0 Å². The van der Waals surface area contributed by atoms with Gasteiger partial charge in [0.1, 0.15) is 0 Å². The number of rotatable bonds is 6. The van der Waals surface area contributed by atoms with Crippen molar-refractivity contribution in [3.63, 3.8) is 0 Å². The number of aryl methyl sites for hydroxylation is 2. The molecule has 0 aromatic carbocycles. The second kappa shape index (κ2) is 8.03. The van der Waals surface area contributed by atoms with E-state index in [1.165, 1.54) is 0 Å². The van der Waals surface area contributed by atoms with E-state index in [4.69, 9.17) is 4.74 Å². The highest BCUT2D eigenvalue weighted by Crippen LogP contribution is 2.26. The van der Waals surface area contributed by atoms with Gasteiger partial charge in [-0.05, 0) is 18.3 Å². The maximum Gasteiger partial charge on any atom is 0.438 e. The molecule has 148 valence electrons. The smallest absolute Gasteiger partial charge is 0.377 e. The molecule has 0 spiro atoms. The number of H-pyrrole nitrogens is 1. The standard InChI is InChI=1S/C17H26N6O4/c1-17(2,3)9-12-11-26-8-7-23(12)15(24)13-10-22(21-19-13)6-4-5-14-18-16(25)27-20-14/h10,12H,4-9,11H2,1-3H3,(H,18,20,25). The molecule has 10 nitrogen and oxygen atoms in total. The molecular weight excluding hydrogens is 352 g/mol. The summed E-state index contributed by atoms with van der Waals surface area (Å²) in [5.74, 6) is -0.177. The summed E-state index contributed by atoms with van der Waals surface area (Å²) in [5.41, 5.74) is 0.439. The summed E-state index contributed by atoms with van der Waals surface area (Å²) in [6.45, 7) is 8.67. The molecule has 0 saturated carbocycles. The molecule has 2 aromatic heterocycles. The van der Waals surface area contributed by atoms with Gasteiger partial charge in [-0.25, -0.2) is 4.79 Å². The molecule has 27 heavy (non-hydrogen) atoms. The van der Waals surface area contributed by atoms with Crippen molar-refractivity contribution in [3.05, 3.63) is 28.3 Å². The number of nitrogens with one attached hydrogen (secondary N) is 1. The highest BCUT2D eigenvalue weighted by molar-refractivity contribution is 5.92. The Bertz CT molecular complexity index is 818. The van der Waals surface area contributed by atoms with E-state index >= 15 is 0 Å². The van der Waals surface area contributed by atoms with E-state index in [1.807, 2.05) is 4.90 Å². The molecule has 1 unspecified atom stereocenters. The molecular formula is C17H26N6O4. The molecule has 0 aliphatic carbocycles. The lowest BCUT2D eigenvalue weighted by molar-refractivity contribution is -0.0132. The first kappa shape index (κ1) is 19.3. The molecule has 1 atom stereocenters. The Morgan fingerprint density at radius 2 is 2.22 bits per heavy atom. The summed E-state index contributed by atoms with van der Waals surface area (Å²) in [5, 5.41) is 11.7. The normalized spacial score (nSPS) is 18.0. The topological polar surface area (TPSA) is 119 Å². The maximum atomic E-state index is 12.9. The number of hydrogen-bond donors (Lipinski definition) is 1. The van der Waals surface area contributed by atoms with Crippen LogP contribution in [0, 0.1) is 5.41 Å². The van der Waals surface area contributed by atoms with Crippen molar-refractivity contribution < 1.29 is 14.1 Å². The van der Waals surface area contributed by atoms with Crippen LogP contribution in [0.4, 0.5) is 0 Å². The van der Waals surface area contributed by atoms with Crippen LogP contribution < -0.4 is 5.76 Å². The first-order chi connectivity index (χ1) is 12.8. The Hall–Kier alpha value is -2.49. The van der Waals surface area contributed by atoms with E-state index in [0.29, 0.717) is 50.7 Å². The molecule has 1 fully saturated rings. The summed E-state index contributed by atoms with van der Waals surface area (Å²) >= 11 is 0.